The van der Waals surface area contributed by atoms with E-state index < -0.39 is 0 Å². The molecule has 0 amide bonds. The molecule has 0 bridgehead atoms. The maximum Gasteiger partial charge on any atom is 0.0619 e. The molecule has 0 saturated carbocycles. The predicted molar refractivity (Wildman–Crippen MR) is 51.5 cm³/mol. The molecule has 1 aromatic rings. The maximum absolute atomic E-state index is 5.38. The lowest BCUT2D eigenvalue weighted by atomic mass is 10.2. The molecule has 0 radical (unpaired) electrons. The smallest absolute Gasteiger partial charge is 0.0619 e. The Morgan fingerprint density at radius 3 is 3.31 bits per heavy atom. The average Bonchev–Trinajstić information content (AvgIpc) is 2.61. The van der Waals surface area contributed by atoms with Crippen LogP contribution in [0, 0.1) is 0 Å². The quantitative estimate of drug-likeness (QED) is 0.741. The van der Waals surface area contributed by atoms with E-state index in [1.165, 1.54) is 5.69 Å². The normalized spacial score (nSPS) is 24.8. The first kappa shape index (κ1) is 8.78. The first-order valence-corrected chi connectivity index (χ1v) is 4.80. The highest BCUT2D eigenvalue weighted by molar-refractivity contribution is 5.03. The lowest BCUT2D eigenvalue weighted by molar-refractivity contribution is -0.00484. The van der Waals surface area contributed by atoms with Crippen molar-refractivity contribution in [3.05, 3.63) is 24.0 Å². The first-order valence-electron chi connectivity index (χ1n) is 4.80. The number of nitrogens with zero attached hydrogens (tertiary/aromatic N) is 1. The van der Waals surface area contributed by atoms with Gasteiger partial charge in [0.05, 0.1) is 13.2 Å². The molecule has 1 aromatic heterocycles. The Balaban J connectivity index is 1.93. The van der Waals surface area contributed by atoms with Crippen LogP contribution >= 0.6 is 0 Å². The fourth-order valence-corrected chi connectivity index (χ4v) is 1.68. The van der Waals surface area contributed by atoms with Gasteiger partial charge in [-0.3, -0.25) is 4.90 Å². The molecule has 1 fully saturated rings. The van der Waals surface area contributed by atoms with E-state index in [9.17, 15) is 0 Å². The maximum atomic E-state index is 5.38. The van der Waals surface area contributed by atoms with Crippen LogP contribution in [0.1, 0.15) is 12.6 Å². The van der Waals surface area contributed by atoms with Gasteiger partial charge in [-0.05, 0) is 19.1 Å². The van der Waals surface area contributed by atoms with E-state index in [1.807, 2.05) is 12.3 Å². The molecule has 1 saturated heterocycles. The van der Waals surface area contributed by atoms with Crippen molar-refractivity contribution in [2.24, 2.45) is 0 Å². The minimum Gasteiger partial charge on any atom is -0.379 e. The Bertz CT molecular complexity index is 245. The second-order valence-corrected chi connectivity index (χ2v) is 3.59. The first-order chi connectivity index (χ1) is 6.36. The molecule has 0 aromatic carbocycles. The van der Waals surface area contributed by atoms with E-state index in [-0.39, 0.29) is 0 Å². The highest BCUT2D eigenvalue weighted by atomic mass is 16.5. The second kappa shape index (κ2) is 3.94. The molecule has 2 heterocycles. The van der Waals surface area contributed by atoms with Crippen LogP contribution < -0.4 is 0 Å². The zero-order valence-corrected chi connectivity index (χ0v) is 7.99. The summed E-state index contributed by atoms with van der Waals surface area (Å²) < 4.78 is 5.38. The molecule has 2 rings (SSSR count). The minimum absolute atomic E-state index is 0.539. The summed E-state index contributed by atoms with van der Waals surface area (Å²) in [6, 6.07) is 4.71. The van der Waals surface area contributed by atoms with Crippen LogP contribution in [0.15, 0.2) is 18.3 Å². The third kappa shape index (κ3) is 2.11. The number of hydrogen-bond acceptors (Lipinski definition) is 2. The van der Waals surface area contributed by atoms with Gasteiger partial charge >= 0.3 is 0 Å². The van der Waals surface area contributed by atoms with Gasteiger partial charge in [-0.15, -0.1) is 0 Å². The summed E-state index contributed by atoms with van der Waals surface area (Å²) in [6.45, 7) is 5.99. The number of hydrogen-bond donors (Lipinski definition) is 1. The Morgan fingerprint density at radius 1 is 1.69 bits per heavy atom. The average molecular weight is 180 g/mol. The predicted octanol–water partition coefficient (Wildman–Crippen LogP) is 1.24. The molecule has 3 heteroatoms. The van der Waals surface area contributed by atoms with Gasteiger partial charge < -0.3 is 9.72 Å². The van der Waals surface area contributed by atoms with Crippen molar-refractivity contribution in [2.75, 3.05) is 19.8 Å². The summed E-state index contributed by atoms with van der Waals surface area (Å²) in [7, 11) is 0. The monoisotopic (exact) mass is 180 g/mol. The largest absolute Gasteiger partial charge is 0.379 e. The fourth-order valence-electron chi connectivity index (χ4n) is 1.68. The van der Waals surface area contributed by atoms with Crippen LogP contribution in [-0.4, -0.2) is 35.7 Å². The van der Waals surface area contributed by atoms with Gasteiger partial charge in [0, 0.05) is 31.0 Å². The van der Waals surface area contributed by atoms with Crippen molar-refractivity contribution in [1.29, 1.82) is 0 Å². The van der Waals surface area contributed by atoms with E-state index in [1.54, 1.807) is 0 Å². The fraction of sp³-hybridized carbons (Fsp3) is 0.600. The molecule has 0 aliphatic carbocycles. The van der Waals surface area contributed by atoms with Crippen LogP contribution in [-0.2, 0) is 11.3 Å². The van der Waals surface area contributed by atoms with E-state index in [0.717, 1.165) is 26.3 Å². The van der Waals surface area contributed by atoms with Gasteiger partial charge in [-0.25, -0.2) is 0 Å². The molecule has 1 N–H and O–H groups in total. The van der Waals surface area contributed by atoms with Crippen molar-refractivity contribution >= 4 is 0 Å². The van der Waals surface area contributed by atoms with E-state index in [4.69, 9.17) is 4.74 Å². The highest BCUT2D eigenvalue weighted by Crippen LogP contribution is 2.10. The molecule has 1 aliphatic heterocycles. The van der Waals surface area contributed by atoms with Crippen molar-refractivity contribution in [3.8, 4) is 0 Å². The highest BCUT2D eigenvalue weighted by Gasteiger charge is 2.18. The third-order valence-corrected chi connectivity index (χ3v) is 2.54. The third-order valence-electron chi connectivity index (χ3n) is 2.54. The van der Waals surface area contributed by atoms with Crippen LogP contribution in [0.3, 0.4) is 0 Å². The number of nitrogens with one attached hydrogen (secondary N) is 1. The molecule has 72 valence electrons. The molecule has 3 nitrogen and oxygen atoms in total. The Labute approximate surface area is 78.7 Å². The lowest BCUT2D eigenvalue weighted by Crippen LogP contribution is -2.42. The van der Waals surface area contributed by atoms with E-state index >= 15 is 0 Å². The Morgan fingerprint density at radius 2 is 2.62 bits per heavy atom. The molecule has 1 atom stereocenters. The molecular formula is C10H16N2O. The van der Waals surface area contributed by atoms with Crippen LogP contribution in [0.25, 0.3) is 0 Å². The zero-order valence-electron chi connectivity index (χ0n) is 7.99. The summed E-state index contributed by atoms with van der Waals surface area (Å²) >= 11 is 0. The SMILES string of the molecule is CC1COCCN1Cc1ccc[nH]1. The van der Waals surface area contributed by atoms with Crippen molar-refractivity contribution < 1.29 is 4.74 Å². The van der Waals surface area contributed by atoms with Gasteiger partial charge in [-0.2, -0.15) is 0 Å². The summed E-state index contributed by atoms with van der Waals surface area (Å²) in [5, 5.41) is 0. The van der Waals surface area contributed by atoms with Crippen LogP contribution in [0.5, 0.6) is 0 Å². The summed E-state index contributed by atoms with van der Waals surface area (Å²) in [5.74, 6) is 0. The van der Waals surface area contributed by atoms with Crippen LogP contribution in [0.4, 0.5) is 0 Å². The molecule has 1 unspecified atom stereocenters. The minimum atomic E-state index is 0.539. The number of morpholine rings is 1. The molecule has 1 aliphatic rings. The van der Waals surface area contributed by atoms with E-state index in [2.05, 4.69) is 22.9 Å². The number of aromatic nitrogens is 1. The summed E-state index contributed by atoms with van der Waals surface area (Å²) in [5.41, 5.74) is 1.29. The molecule has 0 spiro atoms. The number of aromatic amines is 1. The van der Waals surface area contributed by atoms with Gasteiger partial charge in [0.1, 0.15) is 0 Å². The molecule has 13 heavy (non-hydrogen) atoms. The van der Waals surface area contributed by atoms with Crippen molar-refractivity contribution in [1.82, 2.24) is 9.88 Å². The second-order valence-electron chi connectivity index (χ2n) is 3.59. The standard InChI is InChI=1S/C10H16N2O/c1-9-8-13-6-5-12(9)7-10-3-2-4-11-10/h2-4,9,11H,5-8H2,1H3. The zero-order chi connectivity index (χ0) is 9.10. The summed E-state index contributed by atoms with van der Waals surface area (Å²) in [6.07, 6.45) is 1.97. The molecular weight excluding hydrogens is 164 g/mol. The number of rotatable bonds is 2. The van der Waals surface area contributed by atoms with Gasteiger partial charge in [0.25, 0.3) is 0 Å². The van der Waals surface area contributed by atoms with Gasteiger partial charge in [0.15, 0.2) is 0 Å². The summed E-state index contributed by atoms with van der Waals surface area (Å²) in [4.78, 5) is 5.66. The van der Waals surface area contributed by atoms with E-state index in [0.29, 0.717) is 6.04 Å². The number of H-pyrrole nitrogens is 1. The lowest BCUT2D eigenvalue weighted by Gasteiger charge is -2.32. The topological polar surface area (TPSA) is 28.3 Å². The van der Waals surface area contributed by atoms with Crippen LogP contribution in [0.2, 0.25) is 0 Å². The van der Waals surface area contributed by atoms with Gasteiger partial charge in [-0.1, -0.05) is 0 Å². The van der Waals surface area contributed by atoms with Crippen molar-refractivity contribution in [2.45, 2.75) is 19.5 Å². The van der Waals surface area contributed by atoms with Gasteiger partial charge in [0.2, 0.25) is 0 Å². The van der Waals surface area contributed by atoms with Crippen molar-refractivity contribution in [3.63, 3.8) is 0 Å². The number of ether oxygens (including phenoxy) is 1. The Kier molecular flexibility index (Phi) is 2.66. The Hall–Kier alpha value is -0.800.